The van der Waals surface area contributed by atoms with Crippen LogP contribution in [0, 0.1) is 0 Å². The quantitative estimate of drug-likeness (QED) is 0.392. The van der Waals surface area contributed by atoms with Crippen LogP contribution in [0.3, 0.4) is 0 Å². The molecule has 6 nitrogen and oxygen atoms in total. The number of carbonyl (C=O) groups excluding carboxylic acids is 2. The lowest BCUT2D eigenvalue weighted by Gasteiger charge is -2.27. The molecule has 0 fully saturated rings. The molecule has 4 rings (SSSR count). The van der Waals surface area contributed by atoms with Crippen LogP contribution >= 0.6 is 0 Å². The van der Waals surface area contributed by atoms with Gasteiger partial charge in [-0.15, -0.1) is 0 Å². The summed E-state index contributed by atoms with van der Waals surface area (Å²) in [7, 11) is 3.07. The molecule has 1 aliphatic heterocycles. The second-order valence-corrected chi connectivity index (χ2v) is 6.91. The van der Waals surface area contributed by atoms with E-state index in [1.807, 2.05) is 6.07 Å². The number of ketones is 1. The zero-order valence-electron chi connectivity index (χ0n) is 16.5. The summed E-state index contributed by atoms with van der Waals surface area (Å²) in [6.07, 6.45) is 0.00618. The molecule has 0 radical (unpaired) electrons. The lowest BCUT2D eigenvalue weighted by Crippen LogP contribution is -2.22. The number of fused-ring (bicyclic) bond motifs is 1. The largest absolute Gasteiger partial charge is 0.507 e. The minimum absolute atomic E-state index is 0.00618. The molecule has 3 aromatic rings. The van der Waals surface area contributed by atoms with Gasteiger partial charge in [-0.25, -0.2) is 0 Å². The number of phenolic OH excluding ortho intramolecular Hbond substituents is 1. The molecule has 6 heteroatoms. The summed E-state index contributed by atoms with van der Waals surface area (Å²) in [6.45, 7) is 0. The molecule has 0 spiro atoms. The Hall–Kier alpha value is -3.80. The molecule has 1 heterocycles. The molecule has 1 atom stereocenters. The van der Waals surface area contributed by atoms with Crippen molar-refractivity contribution in [1.29, 1.82) is 0 Å². The molecule has 3 aromatic carbocycles. The summed E-state index contributed by atoms with van der Waals surface area (Å²) in [6, 6.07) is 17.0. The van der Waals surface area contributed by atoms with E-state index in [-0.39, 0.29) is 29.3 Å². The van der Waals surface area contributed by atoms with E-state index in [0.717, 1.165) is 0 Å². The summed E-state index contributed by atoms with van der Waals surface area (Å²) < 4.78 is 16.1. The molecule has 0 saturated heterocycles. The number of aromatic hydroxyl groups is 1. The molecule has 0 saturated carbocycles. The van der Waals surface area contributed by atoms with Crippen molar-refractivity contribution in [2.45, 2.75) is 12.3 Å². The van der Waals surface area contributed by atoms with Crippen molar-refractivity contribution in [3.05, 3.63) is 82.9 Å². The minimum atomic E-state index is -0.536. The number of carbonyl (C=O) groups is 2. The van der Waals surface area contributed by atoms with E-state index in [1.54, 1.807) is 55.6 Å². The van der Waals surface area contributed by atoms with E-state index in [4.69, 9.17) is 14.2 Å². The van der Waals surface area contributed by atoms with Crippen LogP contribution in [0.2, 0.25) is 0 Å². The minimum Gasteiger partial charge on any atom is -0.507 e. The van der Waals surface area contributed by atoms with Crippen molar-refractivity contribution in [2.24, 2.45) is 0 Å². The number of ether oxygens (including phenoxy) is 3. The highest BCUT2D eigenvalue weighted by molar-refractivity contribution is 6.11. The van der Waals surface area contributed by atoms with Gasteiger partial charge in [0.05, 0.1) is 26.2 Å². The maximum absolute atomic E-state index is 13.0. The van der Waals surface area contributed by atoms with Crippen LogP contribution < -0.4 is 14.2 Å². The highest BCUT2D eigenvalue weighted by atomic mass is 16.5. The van der Waals surface area contributed by atoms with Crippen LogP contribution in [0.15, 0.2) is 60.7 Å². The highest BCUT2D eigenvalue weighted by Crippen LogP contribution is 2.48. The fourth-order valence-corrected chi connectivity index (χ4v) is 3.75. The first kappa shape index (κ1) is 19.5. The predicted octanol–water partition coefficient (Wildman–Crippen LogP) is 4.08. The van der Waals surface area contributed by atoms with Gasteiger partial charge < -0.3 is 19.3 Å². The molecular formula is C24H20O6. The number of hydrogen-bond acceptors (Lipinski definition) is 6. The number of benzene rings is 3. The van der Waals surface area contributed by atoms with Crippen molar-refractivity contribution in [3.8, 4) is 23.0 Å². The van der Waals surface area contributed by atoms with Gasteiger partial charge in [0.15, 0.2) is 5.78 Å². The average Bonchev–Trinajstić information content (AvgIpc) is 2.78. The van der Waals surface area contributed by atoms with Crippen LogP contribution in [-0.4, -0.2) is 31.1 Å². The number of hydrogen-bond donors (Lipinski definition) is 1. The second-order valence-electron chi connectivity index (χ2n) is 6.91. The van der Waals surface area contributed by atoms with Gasteiger partial charge >= 0.3 is 5.97 Å². The monoisotopic (exact) mass is 404 g/mol. The molecule has 0 aromatic heterocycles. The molecule has 1 unspecified atom stereocenters. The summed E-state index contributed by atoms with van der Waals surface area (Å²) in [5.41, 5.74) is 1.69. The van der Waals surface area contributed by atoms with Gasteiger partial charge in [-0.05, 0) is 18.2 Å². The fraction of sp³-hybridized carbons (Fsp3) is 0.167. The SMILES string of the molecule is COc1ccc(C2CC(=O)Oc3ccc(C(=O)c4ccccc4)c(O)c32)c(OC)c1. The molecule has 1 N–H and O–H groups in total. The first-order valence-corrected chi connectivity index (χ1v) is 9.41. The van der Waals surface area contributed by atoms with Gasteiger partial charge in [0.2, 0.25) is 0 Å². The smallest absolute Gasteiger partial charge is 0.312 e. The zero-order valence-corrected chi connectivity index (χ0v) is 16.5. The third kappa shape index (κ3) is 3.37. The van der Waals surface area contributed by atoms with Gasteiger partial charge in [-0.2, -0.15) is 0 Å². The Balaban J connectivity index is 1.86. The number of esters is 1. The molecule has 1 aliphatic rings. The maximum Gasteiger partial charge on any atom is 0.312 e. The van der Waals surface area contributed by atoms with E-state index in [0.29, 0.717) is 28.2 Å². The second kappa shape index (κ2) is 7.91. The van der Waals surface area contributed by atoms with Crippen LogP contribution in [0.1, 0.15) is 39.4 Å². The van der Waals surface area contributed by atoms with Crippen molar-refractivity contribution >= 4 is 11.8 Å². The molecule has 0 amide bonds. The third-order valence-corrected chi connectivity index (χ3v) is 5.22. The van der Waals surface area contributed by atoms with E-state index in [2.05, 4.69) is 0 Å². The summed E-state index contributed by atoms with van der Waals surface area (Å²) in [4.78, 5) is 25.2. The van der Waals surface area contributed by atoms with Gasteiger partial charge in [0.1, 0.15) is 23.0 Å². The Labute approximate surface area is 173 Å². The van der Waals surface area contributed by atoms with E-state index >= 15 is 0 Å². The first-order chi connectivity index (χ1) is 14.5. The third-order valence-electron chi connectivity index (χ3n) is 5.22. The van der Waals surface area contributed by atoms with Crippen molar-refractivity contribution in [3.63, 3.8) is 0 Å². The summed E-state index contributed by atoms with van der Waals surface area (Å²) in [5.74, 6) is -0.121. The average molecular weight is 404 g/mol. The molecule has 0 aliphatic carbocycles. The first-order valence-electron chi connectivity index (χ1n) is 9.41. The van der Waals surface area contributed by atoms with Gasteiger partial charge in [-0.3, -0.25) is 9.59 Å². The fourth-order valence-electron chi connectivity index (χ4n) is 3.75. The molecule has 152 valence electrons. The lowest BCUT2D eigenvalue weighted by atomic mass is 9.83. The van der Waals surface area contributed by atoms with E-state index < -0.39 is 11.9 Å². The number of rotatable bonds is 5. The molecule has 30 heavy (non-hydrogen) atoms. The van der Waals surface area contributed by atoms with Crippen LogP contribution in [0.4, 0.5) is 0 Å². The summed E-state index contributed by atoms with van der Waals surface area (Å²) >= 11 is 0. The number of methoxy groups -OCH3 is 2. The predicted molar refractivity (Wildman–Crippen MR) is 110 cm³/mol. The van der Waals surface area contributed by atoms with Crippen LogP contribution in [0.25, 0.3) is 0 Å². The topological polar surface area (TPSA) is 82.1 Å². The van der Waals surface area contributed by atoms with E-state index in [9.17, 15) is 14.7 Å². The van der Waals surface area contributed by atoms with Crippen molar-refractivity contribution in [2.75, 3.05) is 14.2 Å². The Kier molecular flexibility index (Phi) is 5.14. The zero-order chi connectivity index (χ0) is 21.3. The van der Waals surface area contributed by atoms with E-state index in [1.165, 1.54) is 13.2 Å². The lowest BCUT2D eigenvalue weighted by molar-refractivity contribution is -0.135. The van der Waals surface area contributed by atoms with Gasteiger partial charge in [-0.1, -0.05) is 36.4 Å². The Morgan fingerprint density at radius 3 is 2.50 bits per heavy atom. The number of phenols is 1. The van der Waals surface area contributed by atoms with Crippen LogP contribution in [-0.2, 0) is 4.79 Å². The Morgan fingerprint density at radius 1 is 1.03 bits per heavy atom. The Bertz CT molecular complexity index is 1120. The maximum atomic E-state index is 13.0. The van der Waals surface area contributed by atoms with Crippen molar-refractivity contribution in [1.82, 2.24) is 0 Å². The normalized spacial score (nSPS) is 15.1. The van der Waals surface area contributed by atoms with Gasteiger partial charge in [0.25, 0.3) is 0 Å². The Morgan fingerprint density at radius 2 is 1.80 bits per heavy atom. The summed E-state index contributed by atoms with van der Waals surface area (Å²) in [5, 5.41) is 11.1. The van der Waals surface area contributed by atoms with Crippen LogP contribution in [0.5, 0.6) is 23.0 Å². The highest BCUT2D eigenvalue weighted by Gasteiger charge is 2.35. The molecular weight excluding hydrogens is 384 g/mol. The van der Waals surface area contributed by atoms with Gasteiger partial charge in [0, 0.05) is 28.7 Å². The van der Waals surface area contributed by atoms with Crippen molar-refractivity contribution < 1.29 is 28.9 Å². The molecule has 0 bridgehead atoms. The standard InChI is InChI=1S/C24H20O6/c1-28-15-8-9-16(20(12-15)29-2)18-13-21(25)30-19-11-10-17(24(27)22(18)19)23(26)14-6-4-3-5-7-14/h3-12,18,27H,13H2,1-2H3.